The number of nitrogens with zero attached hydrogens (tertiary/aromatic N) is 3. The van der Waals surface area contributed by atoms with E-state index in [4.69, 9.17) is 10.5 Å². The minimum absolute atomic E-state index is 0.445. The molecule has 0 fully saturated rings. The van der Waals surface area contributed by atoms with E-state index in [-0.39, 0.29) is 0 Å². The summed E-state index contributed by atoms with van der Waals surface area (Å²) >= 11 is 0. The van der Waals surface area contributed by atoms with Gasteiger partial charge in [-0.25, -0.2) is 0 Å². The van der Waals surface area contributed by atoms with Crippen LogP contribution in [0.15, 0.2) is 6.33 Å². The smallest absolute Gasteiger partial charge is 0.133 e. The van der Waals surface area contributed by atoms with Gasteiger partial charge in [-0.2, -0.15) is 0 Å². The maximum Gasteiger partial charge on any atom is 0.133 e. The number of rotatable bonds is 6. The van der Waals surface area contributed by atoms with Gasteiger partial charge in [-0.05, 0) is 12.5 Å². The van der Waals surface area contributed by atoms with E-state index >= 15 is 0 Å². The van der Waals surface area contributed by atoms with E-state index in [1.54, 1.807) is 13.4 Å². The molecule has 1 aromatic heterocycles. The van der Waals surface area contributed by atoms with Crippen LogP contribution in [0.25, 0.3) is 0 Å². The van der Waals surface area contributed by atoms with Gasteiger partial charge in [0.1, 0.15) is 12.2 Å². The summed E-state index contributed by atoms with van der Waals surface area (Å²) in [6.07, 6.45) is 2.61. The molecule has 5 nitrogen and oxygen atoms in total. The first-order valence-electron chi connectivity index (χ1n) is 4.83. The predicted molar refractivity (Wildman–Crippen MR) is 53.8 cm³/mol. The summed E-state index contributed by atoms with van der Waals surface area (Å²) in [4.78, 5) is 0. The van der Waals surface area contributed by atoms with Crippen LogP contribution in [0.5, 0.6) is 0 Å². The van der Waals surface area contributed by atoms with Crippen LogP contribution in [0, 0.1) is 5.92 Å². The first-order valence-corrected chi connectivity index (χ1v) is 4.83. The number of hydrogen-bond acceptors (Lipinski definition) is 4. The molecule has 0 aliphatic carbocycles. The van der Waals surface area contributed by atoms with Gasteiger partial charge in [0.25, 0.3) is 0 Å². The van der Waals surface area contributed by atoms with Crippen LogP contribution in [0.2, 0.25) is 0 Å². The van der Waals surface area contributed by atoms with Crippen molar-refractivity contribution in [2.24, 2.45) is 11.7 Å². The summed E-state index contributed by atoms with van der Waals surface area (Å²) in [5.41, 5.74) is 5.56. The molecule has 14 heavy (non-hydrogen) atoms. The Kier molecular flexibility index (Phi) is 4.55. The van der Waals surface area contributed by atoms with Crippen molar-refractivity contribution < 1.29 is 4.74 Å². The molecule has 0 spiro atoms. The van der Waals surface area contributed by atoms with Crippen molar-refractivity contribution in [3.63, 3.8) is 0 Å². The Morgan fingerprint density at radius 2 is 2.43 bits per heavy atom. The van der Waals surface area contributed by atoms with Gasteiger partial charge in [0.05, 0.1) is 6.61 Å². The molecule has 1 rings (SSSR count). The van der Waals surface area contributed by atoms with E-state index in [1.807, 2.05) is 4.57 Å². The molecule has 1 atom stereocenters. The van der Waals surface area contributed by atoms with E-state index in [0.29, 0.717) is 19.1 Å². The molecule has 1 unspecified atom stereocenters. The molecule has 1 heterocycles. The summed E-state index contributed by atoms with van der Waals surface area (Å²) < 4.78 is 7.01. The molecule has 0 saturated heterocycles. The van der Waals surface area contributed by atoms with E-state index in [9.17, 15) is 0 Å². The lowest BCUT2D eigenvalue weighted by Crippen LogP contribution is -2.17. The molecule has 0 aliphatic heterocycles. The van der Waals surface area contributed by atoms with Gasteiger partial charge < -0.3 is 15.0 Å². The summed E-state index contributed by atoms with van der Waals surface area (Å²) in [6, 6.07) is 0. The minimum Gasteiger partial charge on any atom is -0.383 e. The van der Waals surface area contributed by atoms with Crippen LogP contribution < -0.4 is 5.73 Å². The van der Waals surface area contributed by atoms with Crippen molar-refractivity contribution in [1.29, 1.82) is 0 Å². The predicted octanol–water partition coefficient (Wildman–Crippen LogP) is 0.0618. The summed E-state index contributed by atoms with van der Waals surface area (Å²) in [5.74, 6) is 1.43. The normalized spacial score (nSPS) is 13.1. The van der Waals surface area contributed by atoms with E-state index < -0.39 is 0 Å². The fourth-order valence-electron chi connectivity index (χ4n) is 1.21. The van der Waals surface area contributed by atoms with Crippen molar-refractivity contribution in [3.8, 4) is 0 Å². The highest BCUT2D eigenvalue weighted by molar-refractivity contribution is 4.87. The Bertz CT molecular complexity index is 261. The fraction of sp³-hybridized carbons (Fsp3) is 0.778. The van der Waals surface area contributed by atoms with Crippen LogP contribution in [-0.2, 0) is 17.7 Å². The lowest BCUT2D eigenvalue weighted by molar-refractivity contribution is 0.186. The van der Waals surface area contributed by atoms with Crippen LogP contribution in [0.4, 0.5) is 0 Å². The van der Waals surface area contributed by atoms with Gasteiger partial charge in [0.2, 0.25) is 0 Å². The minimum atomic E-state index is 0.445. The summed E-state index contributed by atoms with van der Waals surface area (Å²) in [6.45, 7) is 4.27. The maximum atomic E-state index is 5.56. The number of aromatic nitrogens is 3. The second kappa shape index (κ2) is 5.72. The third kappa shape index (κ3) is 3.08. The third-order valence-electron chi connectivity index (χ3n) is 2.17. The Morgan fingerprint density at radius 3 is 3.07 bits per heavy atom. The molecule has 80 valence electrons. The van der Waals surface area contributed by atoms with Gasteiger partial charge in [0.15, 0.2) is 0 Å². The molecule has 0 bridgehead atoms. The van der Waals surface area contributed by atoms with Crippen molar-refractivity contribution >= 4 is 0 Å². The SMILES string of the molecule is COCCn1cnnc1CC(C)CN. The lowest BCUT2D eigenvalue weighted by Gasteiger charge is -2.09. The largest absolute Gasteiger partial charge is 0.383 e. The topological polar surface area (TPSA) is 66.0 Å². The molecule has 2 N–H and O–H groups in total. The average Bonchev–Trinajstić information content (AvgIpc) is 2.62. The average molecular weight is 198 g/mol. The molecular weight excluding hydrogens is 180 g/mol. The number of ether oxygens (including phenoxy) is 1. The quantitative estimate of drug-likeness (QED) is 0.702. The van der Waals surface area contributed by atoms with Crippen molar-refractivity contribution in [2.45, 2.75) is 19.9 Å². The second-order valence-corrected chi connectivity index (χ2v) is 3.48. The lowest BCUT2D eigenvalue weighted by atomic mass is 10.1. The molecular formula is C9H18N4O. The van der Waals surface area contributed by atoms with Gasteiger partial charge in [-0.1, -0.05) is 6.92 Å². The van der Waals surface area contributed by atoms with Crippen LogP contribution >= 0.6 is 0 Å². The zero-order chi connectivity index (χ0) is 10.4. The van der Waals surface area contributed by atoms with Crippen molar-refractivity contribution in [3.05, 3.63) is 12.2 Å². The van der Waals surface area contributed by atoms with Gasteiger partial charge >= 0.3 is 0 Å². The van der Waals surface area contributed by atoms with Gasteiger partial charge in [0, 0.05) is 20.1 Å². The maximum absolute atomic E-state index is 5.56. The summed E-state index contributed by atoms with van der Waals surface area (Å²) in [7, 11) is 1.69. The molecule has 0 aromatic carbocycles. The van der Waals surface area contributed by atoms with Crippen molar-refractivity contribution in [2.75, 3.05) is 20.3 Å². The first-order chi connectivity index (χ1) is 6.77. The van der Waals surface area contributed by atoms with Crippen LogP contribution in [0.3, 0.4) is 0 Å². The Labute approximate surface area is 84.3 Å². The fourth-order valence-corrected chi connectivity index (χ4v) is 1.21. The Hall–Kier alpha value is -0.940. The third-order valence-corrected chi connectivity index (χ3v) is 2.17. The van der Waals surface area contributed by atoms with Gasteiger partial charge in [-0.3, -0.25) is 0 Å². The van der Waals surface area contributed by atoms with Crippen molar-refractivity contribution in [1.82, 2.24) is 14.8 Å². The van der Waals surface area contributed by atoms with E-state index in [0.717, 1.165) is 18.8 Å². The zero-order valence-electron chi connectivity index (χ0n) is 8.81. The van der Waals surface area contributed by atoms with Crippen LogP contribution in [-0.4, -0.2) is 35.0 Å². The number of nitrogens with two attached hydrogens (primary N) is 1. The molecule has 1 aromatic rings. The monoisotopic (exact) mass is 198 g/mol. The zero-order valence-corrected chi connectivity index (χ0v) is 8.81. The summed E-state index contributed by atoms with van der Waals surface area (Å²) in [5, 5.41) is 7.94. The molecule has 0 aliphatic rings. The van der Waals surface area contributed by atoms with Gasteiger partial charge in [-0.15, -0.1) is 10.2 Å². The standard InChI is InChI=1S/C9H18N4O/c1-8(6-10)5-9-12-11-7-13(9)3-4-14-2/h7-8H,3-6,10H2,1-2H3. The highest BCUT2D eigenvalue weighted by Crippen LogP contribution is 2.04. The Balaban J connectivity index is 2.53. The highest BCUT2D eigenvalue weighted by atomic mass is 16.5. The molecule has 0 saturated carbocycles. The molecule has 0 radical (unpaired) electrons. The van der Waals surface area contributed by atoms with E-state index in [1.165, 1.54) is 0 Å². The van der Waals surface area contributed by atoms with E-state index in [2.05, 4.69) is 17.1 Å². The first kappa shape index (κ1) is 11.1. The Morgan fingerprint density at radius 1 is 1.64 bits per heavy atom. The number of methoxy groups -OCH3 is 1. The number of hydrogen-bond donors (Lipinski definition) is 1. The molecule has 0 amide bonds. The van der Waals surface area contributed by atoms with Crippen LogP contribution in [0.1, 0.15) is 12.7 Å². The second-order valence-electron chi connectivity index (χ2n) is 3.48. The highest BCUT2D eigenvalue weighted by Gasteiger charge is 2.07. The molecule has 5 heteroatoms.